The number of nitrogens with zero attached hydrogens (tertiary/aromatic N) is 5. The number of rotatable bonds is 12. The Balaban J connectivity index is 1.35. The fraction of sp³-hybridized carbons (Fsp3) is 0.531. The molecule has 3 heterocycles. The van der Waals surface area contributed by atoms with Crippen LogP contribution >= 0.6 is 0 Å². The van der Waals surface area contributed by atoms with Gasteiger partial charge < -0.3 is 40.3 Å². The third kappa shape index (κ3) is 8.04. The number of likely N-dealkylation sites (tertiary alicyclic amines) is 1. The summed E-state index contributed by atoms with van der Waals surface area (Å²) in [5.74, 6) is -2.98. The quantitative estimate of drug-likeness (QED) is 0.254. The van der Waals surface area contributed by atoms with Crippen LogP contribution < -0.4 is 15.4 Å². The van der Waals surface area contributed by atoms with Crippen LogP contribution in [0.15, 0.2) is 36.4 Å². The number of nitrogens with one attached hydrogen (secondary N) is 2. The Kier molecular flexibility index (Phi) is 10.2. The van der Waals surface area contributed by atoms with Crippen molar-refractivity contribution in [1.82, 2.24) is 35.1 Å². The van der Waals surface area contributed by atoms with Crippen LogP contribution in [-0.4, -0.2) is 127 Å². The second kappa shape index (κ2) is 14.3. The molecular formula is C32H41N7O9. The van der Waals surface area contributed by atoms with Gasteiger partial charge in [0.25, 0.3) is 11.8 Å². The van der Waals surface area contributed by atoms with E-state index in [1.807, 2.05) is 0 Å². The number of para-hydroxylation sites is 1. The first-order chi connectivity index (χ1) is 22.8. The molecule has 1 aromatic carbocycles. The minimum atomic E-state index is -1.47. The van der Waals surface area contributed by atoms with E-state index in [9.17, 15) is 39.0 Å². The van der Waals surface area contributed by atoms with Crippen LogP contribution in [0.4, 0.5) is 4.79 Å². The number of aromatic nitrogens is 2. The number of hydrogen-bond donors (Lipinski definition) is 4. The van der Waals surface area contributed by atoms with Crippen molar-refractivity contribution in [1.29, 1.82) is 0 Å². The van der Waals surface area contributed by atoms with Crippen LogP contribution in [0.5, 0.6) is 5.88 Å². The van der Waals surface area contributed by atoms with Gasteiger partial charge in [0.2, 0.25) is 17.7 Å². The average molecular weight is 668 g/mol. The topological polar surface area (TPSA) is 204 Å². The monoisotopic (exact) mass is 667 g/mol. The molecule has 0 spiro atoms. The Morgan fingerprint density at radius 1 is 0.958 bits per heavy atom. The maximum absolute atomic E-state index is 13.8. The summed E-state index contributed by atoms with van der Waals surface area (Å²) < 4.78 is 7.61. The van der Waals surface area contributed by atoms with E-state index in [-0.39, 0.29) is 56.1 Å². The number of aliphatic carboxylic acids is 1. The highest BCUT2D eigenvalue weighted by molar-refractivity contribution is 5.97. The number of amides is 5. The van der Waals surface area contributed by atoms with Crippen molar-refractivity contribution in [3.8, 4) is 11.6 Å². The smallest absolute Gasteiger partial charge is 0.407 e. The van der Waals surface area contributed by atoms with Gasteiger partial charge in [-0.05, 0) is 58.1 Å². The molecule has 3 fully saturated rings. The lowest BCUT2D eigenvalue weighted by atomic mass is 10.1. The van der Waals surface area contributed by atoms with Crippen molar-refractivity contribution in [3.05, 3.63) is 42.1 Å². The lowest BCUT2D eigenvalue weighted by molar-refractivity contribution is -0.150. The number of carbonyl (C=O) groups is 6. The van der Waals surface area contributed by atoms with Gasteiger partial charge in [0.05, 0.1) is 5.69 Å². The minimum Gasteiger partial charge on any atom is -0.481 e. The molecular weight excluding hydrogens is 626 g/mol. The first-order valence-electron chi connectivity index (χ1n) is 16.1. The third-order valence-corrected chi connectivity index (χ3v) is 8.64. The number of ether oxygens (including phenoxy) is 1. The summed E-state index contributed by atoms with van der Waals surface area (Å²) in [6, 6.07) is 8.44. The maximum Gasteiger partial charge on any atom is 0.407 e. The zero-order chi connectivity index (χ0) is 34.6. The van der Waals surface area contributed by atoms with Gasteiger partial charge >= 0.3 is 12.1 Å². The molecule has 0 bridgehead atoms. The molecule has 1 aromatic heterocycles. The van der Waals surface area contributed by atoms with Crippen molar-refractivity contribution < 1.29 is 43.7 Å². The molecule has 2 aromatic rings. The van der Waals surface area contributed by atoms with Gasteiger partial charge in [0, 0.05) is 51.3 Å². The van der Waals surface area contributed by atoms with Crippen LogP contribution in [0.1, 0.15) is 62.9 Å². The molecule has 16 nitrogen and oxygen atoms in total. The molecule has 1 aliphatic carbocycles. The molecule has 0 radical (unpaired) electrons. The van der Waals surface area contributed by atoms with E-state index < -0.39 is 53.9 Å². The van der Waals surface area contributed by atoms with Gasteiger partial charge in [-0.25, -0.2) is 9.48 Å². The highest BCUT2D eigenvalue weighted by Gasteiger charge is 2.43. The van der Waals surface area contributed by atoms with Crippen molar-refractivity contribution in [2.24, 2.45) is 0 Å². The van der Waals surface area contributed by atoms with E-state index in [1.165, 1.54) is 25.4 Å². The number of carbonyl (C=O) groups excluding carboxylic acids is 4. The zero-order valence-corrected chi connectivity index (χ0v) is 27.0. The molecule has 0 unspecified atom stereocenters. The lowest BCUT2D eigenvalue weighted by Gasteiger charge is -2.35. The van der Waals surface area contributed by atoms with Gasteiger partial charge in [-0.2, -0.15) is 5.10 Å². The van der Waals surface area contributed by atoms with E-state index in [0.29, 0.717) is 25.1 Å². The Hall–Kier alpha value is -5.15. The molecule has 2 aliphatic heterocycles. The molecule has 5 rings (SSSR count). The largest absolute Gasteiger partial charge is 0.481 e. The number of hydrogen-bond acceptors (Lipinski definition) is 8. The summed E-state index contributed by atoms with van der Waals surface area (Å²) in [5.41, 5.74) is -1.10. The second-order valence-electron chi connectivity index (χ2n) is 12.7. The standard InChI is InChI=1S/C32H41N7O9/c1-32(2,30(45)38-14-6-9-24(38)28(43)33-20-10-11-20)48-25-19-23(35-39(25)21-7-4-3-5-8-21)27(42)34-22(12-13-26(40)41)29(44)36-15-17-37(18-16-36)31(46)47/h3-5,7-8,19-20,22,24H,6,9-18H2,1-2H3,(H,33,43)(H,34,42)(H,40,41)(H,46,47)/t22-,24+/m0/s1. The summed E-state index contributed by atoms with van der Waals surface area (Å²) >= 11 is 0. The minimum absolute atomic E-state index is 0.0566. The number of benzene rings is 1. The molecule has 2 atom stereocenters. The Morgan fingerprint density at radius 2 is 1.62 bits per heavy atom. The van der Waals surface area contributed by atoms with Gasteiger partial charge in [-0.1, -0.05) is 18.2 Å². The summed E-state index contributed by atoms with van der Waals surface area (Å²) in [6.45, 7) is 3.91. The summed E-state index contributed by atoms with van der Waals surface area (Å²) in [6.07, 6.45) is 1.38. The highest BCUT2D eigenvalue weighted by atomic mass is 16.5. The van der Waals surface area contributed by atoms with E-state index in [1.54, 1.807) is 44.2 Å². The fourth-order valence-electron chi connectivity index (χ4n) is 5.86. The zero-order valence-electron chi connectivity index (χ0n) is 27.0. The van der Waals surface area contributed by atoms with Crippen LogP contribution in [0.25, 0.3) is 5.69 Å². The molecule has 4 N–H and O–H groups in total. The fourth-order valence-corrected chi connectivity index (χ4v) is 5.86. The average Bonchev–Trinajstić information content (AvgIpc) is 3.56. The third-order valence-electron chi connectivity index (χ3n) is 8.64. The van der Waals surface area contributed by atoms with E-state index >= 15 is 0 Å². The first kappa shape index (κ1) is 34.2. The number of piperazine rings is 1. The predicted octanol–water partition coefficient (Wildman–Crippen LogP) is 1.08. The normalized spacial score (nSPS) is 18.6. The van der Waals surface area contributed by atoms with Crippen LogP contribution in [0.3, 0.4) is 0 Å². The maximum atomic E-state index is 13.8. The lowest BCUT2D eigenvalue weighted by Crippen LogP contribution is -2.55. The van der Waals surface area contributed by atoms with Gasteiger partial charge in [0.15, 0.2) is 11.3 Å². The van der Waals surface area contributed by atoms with Crippen LogP contribution in [0.2, 0.25) is 0 Å². The van der Waals surface area contributed by atoms with Gasteiger partial charge in [0.1, 0.15) is 12.1 Å². The van der Waals surface area contributed by atoms with E-state index in [2.05, 4.69) is 15.7 Å². The molecule has 1 saturated carbocycles. The number of carboxylic acids is 1. The van der Waals surface area contributed by atoms with Crippen molar-refractivity contribution in [2.75, 3.05) is 32.7 Å². The van der Waals surface area contributed by atoms with Gasteiger partial charge in [-0.3, -0.25) is 24.0 Å². The van der Waals surface area contributed by atoms with Crippen LogP contribution in [-0.2, 0) is 19.2 Å². The number of carboxylic acid groups (broad SMARTS) is 2. The predicted molar refractivity (Wildman–Crippen MR) is 168 cm³/mol. The molecule has 3 aliphatic rings. The molecule has 48 heavy (non-hydrogen) atoms. The highest BCUT2D eigenvalue weighted by Crippen LogP contribution is 2.29. The Labute approximate surface area is 277 Å². The first-order valence-corrected chi connectivity index (χ1v) is 16.1. The van der Waals surface area contributed by atoms with Gasteiger partial charge in [-0.15, -0.1) is 0 Å². The summed E-state index contributed by atoms with van der Waals surface area (Å²) in [7, 11) is 0. The van der Waals surface area contributed by atoms with Crippen molar-refractivity contribution in [2.45, 2.75) is 76.1 Å². The molecule has 2 saturated heterocycles. The van der Waals surface area contributed by atoms with Crippen LogP contribution in [0, 0.1) is 0 Å². The van der Waals surface area contributed by atoms with Crippen molar-refractivity contribution >= 4 is 35.7 Å². The van der Waals surface area contributed by atoms with E-state index in [0.717, 1.165) is 12.8 Å². The molecule has 5 amide bonds. The van der Waals surface area contributed by atoms with Crippen molar-refractivity contribution in [3.63, 3.8) is 0 Å². The second-order valence-corrected chi connectivity index (χ2v) is 12.7. The summed E-state index contributed by atoms with van der Waals surface area (Å²) in [5, 5.41) is 28.5. The summed E-state index contributed by atoms with van der Waals surface area (Å²) in [4.78, 5) is 80.5. The van der Waals surface area contributed by atoms with E-state index in [4.69, 9.17) is 4.74 Å². The Bertz CT molecular complexity index is 1550. The SMILES string of the molecule is CC(C)(Oc1cc(C(=O)N[C@@H](CCC(=O)O)C(=O)N2CCN(C(=O)O)CC2)nn1-c1ccccc1)C(=O)N1CCC[C@@H]1C(=O)NC1CC1. The molecule has 16 heteroatoms. The Morgan fingerprint density at radius 3 is 2.25 bits per heavy atom. The molecule has 258 valence electrons.